The normalized spacial score (nSPS) is 20.4. The van der Waals surface area contributed by atoms with Gasteiger partial charge in [-0.25, -0.2) is 4.98 Å². The van der Waals surface area contributed by atoms with Crippen LogP contribution in [0.15, 0.2) is 10.4 Å². The van der Waals surface area contributed by atoms with Crippen LogP contribution in [0.25, 0.3) is 0 Å². The average Bonchev–Trinajstić information content (AvgIpc) is 2.83. The minimum atomic E-state index is 0.672. The number of thiazole rings is 1. The van der Waals surface area contributed by atoms with Gasteiger partial charge in [0.25, 0.3) is 0 Å². The van der Waals surface area contributed by atoms with E-state index in [0.29, 0.717) is 5.25 Å². The van der Waals surface area contributed by atoms with E-state index in [0.717, 1.165) is 29.0 Å². The number of rotatable bonds is 3. The van der Waals surface area contributed by atoms with Gasteiger partial charge in [-0.1, -0.05) is 18.7 Å². The molecule has 2 rings (SSSR count). The maximum atomic E-state index is 4.46. The molecule has 0 saturated carbocycles. The smallest absolute Gasteiger partial charge is 0.157 e. The lowest BCUT2D eigenvalue weighted by Crippen LogP contribution is -2.18. The summed E-state index contributed by atoms with van der Waals surface area (Å²) in [6.45, 7) is 6.00. The van der Waals surface area contributed by atoms with Crippen molar-refractivity contribution in [2.45, 2.75) is 32.1 Å². The molecule has 0 fully saturated rings. The van der Waals surface area contributed by atoms with Crippen LogP contribution in [0.5, 0.6) is 0 Å². The third kappa shape index (κ3) is 2.95. The quantitative estimate of drug-likeness (QED) is 0.883. The predicted octanol–water partition coefficient (Wildman–Crippen LogP) is 2.42. The Morgan fingerprint density at radius 3 is 3.07 bits per heavy atom. The van der Waals surface area contributed by atoms with Gasteiger partial charge in [0.15, 0.2) is 5.17 Å². The summed E-state index contributed by atoms with van der Waals surface area (Å²) in [4.78, 5) is 8.86. The van der Waals surface area contributed by atoms with Crippen molar-refractivity contribution < 1.29 is 0 Å². The Kier molecular flexibility index (Phi) is 3.64. The third-order valence-electron chi connectivity index (χ3n) is 2.23. The van der Waals surface area contributed by atoms with Crippen LogP contribution in [0.4, 0.5) is 0 Å². The Labute approximate surface area is 98.4 Å². The molecule has 0 radical (unpaired) electrons. The fourth-order valence-electron chi connectivity index (χ4n) is 1.36. The van der Waals surface area contributed by atoms with Crippen LogP contribution in [-0.4, -0.2) is 21.9 Å². The molecule has 0 saturated heterocycles. The van der Waals surface area contributed by atoms with Gasteiger partial charge in [0.1, 0.15) is 5.01 Å². The number of thioether (sulfide) groups is 1. The number of hydrogen-bond donors (Lipinski definition) is 1. The monoisotopic (exact) mass is 241 g/mol. The number of nitrogens with zero attached hydrogens (tertiary/aromatic N) is 2. The first kappa shape index (κ1) is 11.0. The van der Waals surface area contributed by atoms with E-state index >= 15 is 0 Å². The maximum absolute atomic E-state index is 4.46. The lowest BCUT2D eigenvalue weighted by Gasteiger charge is -2.04. The number of amidine groups is 1. The highest BCUT2D eigenvalue weighted by Gasteiger charge is 2.17. The van der Waals surface area contributed by atoms with Crippen molar-refractivity contribution in [2.75, 3.05) is 6.54 Å². The van der Waals surface area contributed by atoms with Gasteiger partial charge in [-0.3, -0.25) is 4.99 Å². The molecule has 1 aromatic rings. The van der Waals surface area contributed by atoms with Crippen LogP contribution in [0.1, 0.15) is 24.0 Å². The van der Waals surface area contributed by atoms with Crippen molar-refractivity contribution >= 4 is 28.3 Å². The lowest BCUT2D eigenvalue weighted by molar-refractivity contribution is 0.838. The summed E-state index contributed by atoms with van der Waals surface area (Å²) in [6, 6.07) is 0. The fraction of sp³-hybridized carbons (Fsp3) is 0.600. The van der Waals surface area contributed by atoms with Crippen LogP contribution in [-0.2, 0) is 6.54 Å². The number of aromatic nitrogens is 1. The molecule has 1 aromatic heterocycles. The van der Waals surface area contributed by atoms with Gasteiger partial charge in [0, 0.05) is 16.3 Å². The second-order valence-corrected chi connectivity index (χ2v) is 5.76. The van der Waals surface area contributed by atoms with Crippen molar-refractivity contribution in [3.8, 4) is 0 Å². The molecule has 3 nitrogen and oxygen atoms in total. The maximum Gasteiger partial charge on any atom is 0.157 e. The molecule has 0 spiro atoms. The highest BCUT2D eigenvalue weighted by Crippen LogP contribution is 2.22. The van der Waals surface area contributed by atoms with Crippen molar-refractivity contribution in [1.29, 1.82) is 0 Å². The first-order valence-electron chi connectivity index (χ1n) is 5.14. The zero-order valence-corrected chi connectivity index (χ0v) is 10.6. The molecule has 1 atom stereocenters. The van der Waals surface area contributed by atoms with Crippen LogP contribution in [0, 0.1) is 6.92 Å². The highest BCUT2D eigenvalue weighted by molar-refractivity contribution is 8.14. The summed E-state index contributed by atoms with van der Waals surface area (Å²) >= 11 is 3.55. The molecule has 1 N–H and O–H groups in total. The Balaban J connectivity index is 1.80. The Bertz CT molecular complexity index is 359. The van der Waals surface area contributed by atoms with Crippen LogP contribution in [0.3, 0.4) is 0 Å². The predicted molar refractivity (Wildman–Crippen MR) is 67.7 cm³/mol. The molecule has 0 aromatic carbocycles. The van der Waals surface area contributed by atoms with Crippen molar-refractivity contribution in [2.24, 2.45) is 4.99 Å². The van der Waals surface area contributed by atoms with Gasteiger partial charge in [0.05, 0.1) is 13.1 Å². The van der Waals surface area contributed by atoms with Crippen LogP contribution >= 0.6 is 23.1 Å². The standard InChI is InChI=1S/C10H15N3S2/c1-3-8-4-11-10(15-8)12-5-9-13-7(2)6-14-9/h6,8H,3-5H2,1-2H3,(H,11,12). The number of aryl methyl sites for hydroxylation is 1. The van der Waals surface area contributed by atoms with E-state index in [2.05, 4.69) is 27.6 Å². The van der Waals surface area contributed by atoms with Crippen LogP contribution < -0.4 is 5.32 Å². The fourth-order valence-corrected chi connectivity index (χ4v) is 3.01. The van der Waals surface area contributed by atoms with E-state index < -0.39 is 0 Å². The summed E-state index contributed by atoms with van der Waals surface area (Å²) in [5.41, 5.74) is 1.10. The molecule has 0 bridgehead atoms. The SMILES string of the molecule is CCC1CN=C(NCc2nc(C)cs2)S1. The zero-order chi connectivity index (χ0) is 10.7. The average molecular weight is 241 g/mol. The molecule has 2 heterocycles. The summed E-state index contributed by atoms with van der Waals surface area (Å²) in [6.07, 6.45) is 1.19. The second-order valence-electron chi connectivity index (χ2n) is 3.53. The first-order chi connectivity index (χ1) is 7.28. The highest BCUT2D eigenvalue weighted by atomic mass is 32.2. The Hall–Kier alpha value is -0.550. The van der Waals surface area contributed by atoms with E-state index in [-0.39, 0.29) is 0 Å². The van der Waals surface area contributed by atoms with Crippen molar-refractivity contribution in [1.82, 2.24) is 10.3 Å². The van der Waals surface area contributed by atoms with Gasteiger partial charge in [0.2, 0.25) is 0 Å². The summed E-state index contributed by atoms with van der Waals surface area (Å²) in [5.74, 6) is 0. The molecule has 1 aliphatic rings. The van der Waals surface area contributed by atoms with Crippen molar-refractivity contribution in [3.05, 3.63) is 16.1 Å². The Morgan fingerprint density at radius 2 is 2.47 bits per heavy atom. The van der Waals surface area contributed by atoms with Crippen molar-refractivity contribution in [3.63, 3.8) is 0 Å². The molecule has 5 heteroatoms. The summed E-state index contributed by atoms with van der Waals surface area (Å²) < 4.78 is 0. The summed E-state index contributed by atoms with van der Waals surface area (Å²) in [5, 5.41) is 8.30. The molecule has 15 heavy (non-hydrogen) atoms. The van der Waals surface area contributed by atoms with E-state index in [1.165, 1.54) is 6.42 Å². The largest absolute Gasteiger partial charge is 0.358 e. The van der Waals surface area contributed by atoms with Crippen LogP contribution in [0.2, 0.25) is 0 Å². The molecule has 0 aliphatic carbocycles. The van der Waals surface area contributed by atoms with E-state index in [9.17, 15) is 0 Å². The minimum absolute atomic E-state index is 0.672. The Morgan fingerprint density at radius 1 is 1.60 bits per heavy atom. The van der Waals surface area contributed by atoms with E-state index in [1.807, 2.05) is 18.7 Å². The van der Waals surface area contributed by atoms with E-state index in [4.69, 9.17) is 0 Å². The first-order valence-corrected chi connectivity index (χ1v) is 6.90. The van der Waals surface area contributed by atoms with Gasteiger partial charge >= 0.3 is 0 Å². The topological polar surface area (TPSA) is 37.3 Å². The number of hydrogen-bond acceptors (Lipinski definition) is 5. The van der Waals surface area contributed by atoms with Gasteiger partial charge < -0.3 is 5.32 Å². The lowest BCUT2D eigenvalue weighted by atomic mass is 10.3. The molecule has 1 aliphatic heterocycles. The van der Waals surface area contributed by atoms with Gasteiger partial charge in [-0.2, -0.15) is 0 Å². The number of aliphatic imine (C=N–C) groups is 1. The molecule has 82 valence electrons. The zero-order valence-electron chi connectivity index (χ0n) is 8.99. The minimum Gasteiger partial charge on any atom is -0.358 e. The van der Waals surface area contributed by atoms with Gasteiger partial charge in [-0.05, 0) is 13.3 Å². The molecule has 0 amide bonds. The third-order valence-corrected chi connectivity index (χ3v) is 4.51. The molecular formula is C10H15N3S2. The molecule has 1 unspecified atom stereocenters. The summed E-state index contributed by atoms with van der Waals surface area (Å²) in [7, 11) is 0. The molecular weight excluding hydrogens is 226 g/mol. The van der Waals surface area contributed by atoms with Gasteiger partial charge in [-0.15, -0.1) is 11.3 Å². The second kappa shape index (κ2) is 4.99. The van der Waals surface area contributed by atoms with E-state index in [1.54, 1.807) is 11.3 Å². The number of nitrogens with one attached hydrogen (secondary N) is 1.